The van der Waals surface area contributed by atoms with Crippen LogP contribution in [0.15, 0.2) is 85.1 Å². The van der Waals surface area contributed by atoms with Crippen molar-refractivity contribution >= 4 is 19.8 Å². The van der Waals surface area contributed by atoms with Gasteiger partial charge in [0.05, 0.1) is 27.7 Å². The van der Waals surface area contributed by atoms with Crippen LogP contribution < -0.4 is 4.89 Å². The number of aliphatic hydroxyl groups excluding tert-OH is 1. The monoisotopic (exact) mass is 890 g/mol. The van der Waals surface area contributed by atoms with E-state index >= 15 is 0 Å². The third-order valence-electron chi connectivity index (χ3n) is 9.69. The largest absolute Gasteiger partial charge is 0.756 e. The molecular formula is C51H88NO9P. The molecule has 0 aromatic rings. The van der Waals surface area contributed by atoms with E-state index in [1.807, 2.05) is 27.2 Å². The molecule has 0 saturated heterocycles. The number of ether oxygens (including phenoxy) is 2. The Hall–Kier alpha value is -2.85. The maximum Gasteiger partial charge on any atom is 0.306 e. The number of quaternary nitrogens is 1. The van der Waals surface area contributed by atoms with E-state index in [4.69, 9.17) is 23.6 Å². The molecule has 10 nitrogen and oxygen atoms in total. The summed E-state index contributed by atoms with van der Waals surface area (Å²) in [5, 5.41) is 8.81. The van der Waals surface area contributed by atoms with Gasteiger partial charge in [0.2, 0.25) is 0 Å². The predicted octanol–water partition coefficient (Wildman–Crippen LogP) is 12.3. The maximum absolute atomic E-state index is 12.7. The Balaban J connectivity index is 4.43. The molecular weight excluding hydrogens is 802 g/mol. The number of aliphatic hydroxyl groups is 1. The normalized spacial score (nSPS) is 14.2. The first-order valence-electron chi connectivity index (χ1n) is 23.9. The molecule has 0 aromatic carbocycles. The van der Waals surface area contributed by atoms with E-state index in [1.54, 1.807) is 0 Å². The van der Waals surface area contributed by atoms with Gasteiger partial charge in [0.1, 0.15) is 19.8 Å². The van der Waals surface area contributed by atoms with Crippen LogP contribution in [0.25, 0.3) is 0 Å². The fourth-order valence-electron chi connectivity index (χ4n) is 5.93. The summed E-state index contributed by atoms with van der Waals surface area (Å²) >= 11 is 0. The number of unbranched alkanes of at least 4 members (excludes halogenated alkanes) is 14. The van der Waals surface area contributed by atoms with Crippen molar-refractivity contribution in [3.63, 3.8) is 0 Å². The van der Waals surface area contributed by atoms with Crippen LogP contribution >= 0.6 is 7.82 Å². The van der Waals surface area contributed by atoms with Crippen LogP contribution in [0.3, 0.4) is 0 Å². The van der Waals surface area contributed by atoms with Crippen molar-refractivity contribution in [1.29, 1.82) is 0 Å². The number of carbonyl (C=O) groups is 2. The molecule has 0 fully saturated rings. The van der Waals surface area contributed by atoms with Gasteiger partial charge in [0, 0.05) is 19.4 Å². The summed E-state index contributed by atoms with van der Waals surface area (Å²) in [4.78, 5) is 37.6. The highest BCUT2D eigenvalue weighted by Crippen LogP contribution is 2.38. The van der Waals surface area contributed by atoms with Gasteiger partial charge < -0.3 is 33.0 Å². The van der Waals surface area contributed by atoms with Crippen LogP contribution in [0.5, 0.6) is 0 Å². The molecule has 2 atom stereocenters. The van der Waals surface area contributed by atoms with E-state index < -0.39 is 32.5 Å². The van der Waals surface area contributed by atoms with Crippen LogP contribution in [0.1, 0.15) is 167 Å². The van der Waals surface area contributed by atoms with Gasteiger partial charge in [-0.25, -0.2) is 0 Å². The van der Waals surface area contributed by atoms with Crippen molar-refractivity contribution in [3.8, 4) is 0 Å². The van der Waals surface area contributed by atoms with E-state index in [1.165, 1.54) is 32.1 Å². The number of rotatable bonds is 43. The molecule has 0 amide bonds. The Kier molecular flexibility index (Phi) is 41.4. The number of likely N-dealkylation sites (N-methyl/N-ethyl adjacent to an activating group) is 1. The number of allylic oxidation sites excluding steroid dienone is 14. The molecule has 0 aliphatic rings. The second kappa shape index (κ2) is 43.4. The molecule has 62 heavy (non-hydrogen) atoms. The van der Waals surface area contributed by atoms with Crippen molar-refractivity contribution in [1.82, 2.24) is 0 Å². The lowest BCUT2D eigenvalue weighted by molar-refractivity contribution is -0.870. The van der Waals surface area contributed by atoms with E-state index in [0.717, 1.165) is 96.3 Å². The molecule has 1 unspecified atom stereocenters. The number of carbonyl (C=O) groups excluding carboxylic acids is 2. The molecule has 0 aromatic heterocycles. The fourth-order valence-corrected chi connectivity index (χ4v) is 6.65. The molecule has 0 aliphatic carbocycles. The van der Waals surface area contributed by atoms with Crippen LogP contribution in [0, 0.1) is 0 Å². The van der Waals surface area contributed by atoms with Gasteiger partial charge in [-0.1, -0.05) is 143 Å². The lowest BCUT2D eigenvalue weighted by Crippen LogP contribution is -2.37. The summed E-state index contributed by atoms with van der Waals surface area (Å²) in [5.74, 6) is -0.935. The lowest BCUT2D eigenvalue weighted by Gasteiger charge is -2.28. The summed E-state index contributed by atoms with van der Waals surface area (Å²) in [6, 6.07) is 0. The molecule has 0 radical (unpaired) electrons. The number of phosphoric ester groups is 1. The SMILES string of the molecule is CCCCCC/C=C\C/C=C\C/C=C\CCCCCCCCC(=O)OC[C@H](COP(=O)([O-])OCC[N+](C)(C)C)OC(=O)CCC/C=C\C/C=C\C/C=C\C/C=C\CCCCCO. The van der Waals surface area contributed by atoms with Gasteiger partial charge >= 0.3 is 11.9 Å². The van der Waals surface area contributed by atoms with E-state index in [-0.39, 0.29) is 32.7 Å². The number of esters is 2. The highest BCUT2D eigenvalue weighted by atomic mass is 31.2. The molecule has 356 valence electrons. The highest BCUT2D eigenvalue weighted by Gasteiger charge is 2.21. The molecule has 0 saturated carbocycles. The zero-order chi connectivity index (χ0) is 45.7. The Morgan fingerprint density at radius 2 is 0.968 bits per heavy atom. The second-order valence-electron chi connectivity index (χ2n) is 16.8. The van der Waals surface area contributed by atoms with Gasteiger partial charge in [0.25, 0.3) is 7.82 Å². The van der Waals surface area contributed by atoms with E-state index in [2.05, 4.69) is 85.9 Å². The molecule has 0 bridgehead atoms. The average Bonchev–Trinajstić information content (AvgIpc) is 3.23. The van der Waals surface area contributed by atoms with Gasteiger partial charge in [-0.05, 0) is 96.3 Å². The predicted molar refractivity (Wildman–Crippen MR) is 255 cm³/mol. The standard InChI is InChI=1S/C51H88NO9P/c1-5-6-7-8-9-10-11-12-13-14-15-16-18-21-24-27-30-33-36-39-42-50(54)58-47-49(48-60-62(56,57)59-46-44-52(2,3)4)61-51(55)43-40-37-34-31-28-25-22-19-17-20-23-26-29-32-35-38-41-45-53/h10-11,13-14,16-18,20,22,25-26,29,31,34,49,53H,5-9,12,15,19,21,23-24,27-28,30,32-33,35-48H2,1-4H3/b11-10-,14-13-,18-16-,20-17-,25-22-,29-26-,34-31-/t49-/m1/s1. The van der Waals surface area contributed by atoms with Crippen molar-refractivity contribution in [2.75, 3.05) is 54.1 Å². The van der Waals surface area contributed by atoms with Gasteiger partial charge in [-0.3, -0.25) is 14.2 Å². The number of nitrogens with zero attached hydrogens (tertiary/aromatic N) is 1. The van der Waals surface area contributed by atoms with E-state index in [9.17, 15) is 19.0 Å². The zero-order valence-corrected chi connectivity index (χ0v) is 40.4. The zero-order valence-electron chi connectivity index (χ0n) is 39.5. The van der Waals surface area contributed by atoms with Crippen molar-refractivity contribution in [2.45, 2.75) is 174 Å². The van der Waals surface area contributed by atoms with Crippen LogP contribution in [-0.2, 0) is 32.7 Å². The third kappa shape index (κ3) is 46.6. The fraction of sp³-hybridized carbons (Fsp3) is 0.686. The lowest BCUT2D eigenvalue weighted by atomic mass is 10.1. The number of hydrogen-bond donors (Lipinski definition) is 1. The smallest absolute Gasteiger partial charge is 0.306 e. The third-order valence-corrected chi connectivity index (χ3v) is 10.7. The maximum atomic E-state index is 12.7. The van der Waals surface area contributed by atoms with Crippen molar-refractivity contribution in [2.24, 2.45) is 0 Å². The quantitative estimate of drug-likeness (QED) is 0.0209. The van der Waals surface area contributed by atoms with Gasteiger partial charge in [0.15, 0.2) is 6.10 Å². The van der Waals surface area contributed by atoms with Crippen LogP contribution in [-0.4, -0.2) is 81.7 Å². The first-order chi connectivity index (χ1) is 30.0. The topological polar surface area (TPSA) is 131 Å². The Morgan fingerprint density at radius 3 is 1.45 bits per heavy atom. The highest BCUT2D eigenvalue weighted by molar-refractivity contribution is 7.45. The van der Waals surface area contributed by atoms with Crippen LogP contribution in [0.4, 0.5) is 0 Å². The number of phosphoric acid groups is 1. The molecule has 0 spiro atoms. The summed E-state index contributed by atoms with van der Waals surface area (Å²) in [7, 11) is 1.09. The minimum absolute atomic E-state index is 0.0528. The minimum atomic E-state index is -4.66. The summed E-state index contributed by atoms with van der Waals surface area (Å²) < 4.78 is 33.9. The van der Waals surface area contributed by atoms with Gasteiger partial charge in [-0.2, -0.15) is 0 Å². The summed E-state index contributed by atoms with van der Waals surface area (Å²) in [5.41, 5.74) is 0. The Morgan fingerprint density at radius 1 is 0.548 bits per heavy atom. The minimum Gasteiger partial charge on any atom is -0.756 e. The van der Waals surface area contributed by atoms with Crippen molar-refractivity contribution < 1.29 is 47.2 Å². The molecule has 1 N–H and O–H groups in total. The molecule has 0 rings (SSSR count). The molecule has 0 aliphatic heterocycles. The average molecular weight is 890 g/mol. The van der Waals surface area contributed by atoms with Crippen molar-refractivity contribution in [3.05, 3.63) is 85.1 Å². The van der Waals surface area contributed by atoms with Crippen LogP contribution in [0.2, 0.25) is 0 Å². The first-order valence-corrected chi connectivity index (χ1v) is 25.4. The summed E-state index contributed by atoms with van der Waals surface area (Å²) in [6.07, 6.45) is 53.4. The molecule has 11 heteroatoms. The summed E-state index contributed by atoms with van der Waals surface area (Å²) in [6.45, 7) is 2.11. The van der Waals surface area contributed by atoms with Gasteiger partial charge in [-0.15, -0.1) is 0 Å². The van der Waals surface area contributed by atoms with E-state index in [0.29, 0.717) is 30.3 Å². The second-order valence-corrected chi connectivity index (χ2v) is 18.2. The molecule has 0 heterocycles. The Labute approximate surface area is 378 Å². The first kappa shape index (κ1) is 59.1. The number of hydrogen-bond acceptors (Lipinski definition) is 9. The Bertz CT molecular complexity index is 1330.